The monoisotopic (exact) mass is 240 g/mol. The number of benzene rings is 1. The zero-order chi connectivity index (χ0) is 12.0. The normalized spacial score (nSPS) is 12.5. The molecular weight excluding hydrogens is 220 g/mol. The molecule has 0 unspecified atom stereocenters. The van der Waals surface area contributed by atoms with Crippen molar-refractivity contribution in [3.63, 3.8) is 0 Å². The van der Waals surface area contributed by atoms with Crippen LogP contribution in [0, 0.1) is 0 Å². The van der Waals surface area contributed by atoms with Crippen LogP contribution in [0.15, 0.2) is 23.1 Å². The van der Waals surface area contributed by atoms with Gasteiger partial charge in [0.15, 0.2) is 0 Å². The minimum atomic E-state index is -0.486. The van der Waals surface area contributed by atoms with Gasteiger partial charge in [-0.1, -0.05) is 19.4 Å². The second kappa shape index (κ2) is 6.81. The average Bonchev–Trinajstić information content (AvgIpc) is 2.28. The summed E-state index contributed by atoms with van der Waals surface area (Å²) in [5, 5.41) is 9.78. The molecule has 1 aromatic rings. The molecule has 0 spiro atoms. The first-order valence-electron chi connectivity index (χ1n) is 5.68. The van der Waals surface area contributed by atoms with Crippen molar-refractivity contribution < 1.29 is 9.84 Å². The molecule has 1 atom stereocenters. The van der Waals surface area contributed by atoms with Crippen LogP contribution in [0.3, 0.4) is 0 Å². The quantitative estimate of drug-likeness (QED) is 0.608. The Morgan fingerprint density at radius 1 is 1.44 bits per heavy atom. The van der Waals surface area contributed by atoms with E-state index in [1.54, 1.807) is 25.8 Å². The minimum Gasteiger partial charge on any atom is -0.496 e. The highest BCUT2D eigenvalue weighted by molar-refractivity contribution is 7.99. The minimum absolute atomic E-state index is 0.486. The number of aliphatic hydroxyl groups is 1. The lowest BCUT2D eigenvalue weighted by Crippen LogP contribution is -1.99. The summed E-state index contributed by atoms with van der Waals surface area (Å²) in [6.07, 6.45) is 1.91. The molecule has 1 N–H and O–H groups in total. The summed E-state index contributed by atoms with van der Waals surface area (Å²) >= 11 is 1.79. The van der Waals surface area contributed by atoms with Gasteiger partial charge in [-0.3, -0.25) is 0 Å². The summed E-state index contributed by atoms with van der Waals surface area (Å²) in [6.45, 7) is 3.96. The van der Waals surface area contributed by atoms with Crippen LogP contribution in [0.4, 0.5) is 0 Å². The Labute approximate surface area is 102 Å². The molecule has 3 heteroatoms. The highest BCUT2D eigenvalue weighted by Crippen LogP contribution is 2.35. The molecule has 0 bridgehead atoms. The van der Waals surface area contributed by atoms with Crippen LogP contribution in [0.1, 0.15) is 38.4 Å². The van der Waals surface area contributed by atoms with Gasteiger partial charge in [0.1, 0.15) is 5.75 Å². The van der Waals surface area contributed by atoms with Gasteiger partial charge in [0.25, 0.3) is 0 Å². The smallest absolute Gasteiger partial charge is 0.125 e. The van der Waals surface area contributed by atoms with E-state index >= 15 is 0 Å². The van der Waals surface area contributed by atoms with Crippen LogP contribution in [-0.2, 0) is 0 Å². The first-order valence-corrected chi connectivity index (χ1v) is 6.67. The van der Waals surface area contributed by atoms with Crippen LogP contribution >= 0.6 is 11.8 Å². The molecule has 90 valence electrons. The molecule has 0 fully saturated rings. The van der Waals surface area contributed by atoms with Gasteiger partial charge in [0.05, 0.1) is 13.2 Å². The summed E-state index contributed by atoms with van der Waals surface area (Å²) in [7, 11) is 1.64. The molecule has 16 heavy (non-hydrogen) atoms. The van der Waals surface area contributed by atoms with Crippen molar-refractivity contribution in [2.45, 2.75) is 37.7 Å². The van der Waals surface area contributed by atoms with Crippen LogP contribution < -0.4 is 4.74 Å². The second-order valence-electron chi connectivity index (χ2n) is 3.75. The number of unbranched alkanes of at least 4 members (excludes halogenated alkanes) is 1. The molecule has 0 aliphatic heterocycles. The predicted molar refractivity (Wildman–Crippen MR) is 69.3 cm³/mol. The van der Waals surface area contributed by atoms with E-state index in [-0.39, 0.29) is 0 Å². The summed E-state index contributed by atoms with van der Waals surface area (Å²) in [5.74, 6) is 1.86. The fourth-order valence-electron chi connectivity index (χ4n) is 1.57. The second-order valence-corrected chi connectivity index (χ2v) is 4.89. The van der Waals surface area contributed by atoms with Crippen molar-refractivity contribution in [2.24, 2.45) is 0 Å². The molecule has 0 saturated heterocycles. The van der Waals surface area contributed by atoms with Crippen molar-refractivity contribution in [3.05, 3.63) is 23.8 Å². The lowest BCUT2D eigenvalue weighted by atomic mass is 10.1. The third kappa shape index (κ3) is 3.42. The molecule has 0 aromatic heterocycles. The Kier molecular flexibility index (Phi) is 5.71. The molecule has 1 aromatic carbocycles. The number of rotatable bonds is 6. The SMILES string of the molecule is CCCCSc1cccc(OC)c1[C@H](C)O. The van der Waals surface area contributed by atoms with Gasteiger partial charge >= 0.3 is 0 Å². The van der Waals surface area contributed by atoms with E-state index in [1.165, 1.54) is 12.8 Å². The molecule has 0 aliphatic rings. The number of hydrogen-bond acceptors (Lipinski definition) is 3. The first-order chi connectivity index (χ1) is 7.70. The first kappa shape index (κ1) is 13.4. The highest BCUT2D eigenvalue weighted by atomic mass is 32.2. The Morgan fingerprint density at radius 3 is 2.75 bits per heavy atom. The summed E-state index contributed by atoms with van der Waals surface area (Å²) in [5.41, 5.74) is 0.908. The highest BCUT2D eigenvalue weighted by Gasteiger charge is 2.13. The summed E-state index contributed by atoms with van der Waals surface area (Å²) < 4.78 is 5.28. The fraction of sp³-hybridized carbons (Fsp3) is 0.538. The zero-order valence-corrected chi connectivity index (χ0v) is 11.0. The van der Waals surface area contributed by atoms with E-state index in [1.807, 2.05) is 18.2 Å². The van der Waals surface area contributed by atoms with Crippen LogP contribution in [0.2, 0.25) is 0 Å². The third-order valence-corrected chi connectivity index (χ3v) is 3.58. The molecule has 2 nitrogen and oxygen atoms in total. The summed E-state index contributed by atoms with van der Waals surface area (Å²) in [6, 6.07) is 5.91. The maximum Gasteiger partial charge on any atom is 0.125 e. The topological polar surface area (TPSA) is 29.5 Å². The molecule has 0 heterocycles. The average molecular weight is 240 g/mol. The largest absolute Gasteiger partial charge is 0.496 e. The molecule has 0 saturated carbocycles. The van der Waals surface area contributed by atoms with Crippen LogP contribution in [0.25, 0.3) is 0 Å². The van der Waals surface area contributed by atoms with E-state index in [0.29, 0.717) is 0 Å². The van der Waals surface area contributed by atoms with Crippen LogP contribution in [-0.4, -0.2) is 18.0 Å². The molecular formula is C13H20O2S. The van der Waals surface area contributed by atoms with E-state index in [4.69, 9.17) is 4.74 Å². The van der Waals surface area contributed by atoms with Crippen molar-refractivity contribution in [1.29, 1.82) is 0 Å². The lowest BCUT2D eigenvalue weighted by Gasteiger charge is -2.15. The van der Waals surface area contributed by atoms with E-state index in [2.05, 4.69) is 6.92 Å². The van der Waals surface area contributed by atoms with Crippen LogP contribution in [0.5, 0.6) is 5.75 Å². The summed E-state index contributed by atoms with van der Waals surface area (Å²) in [4.78, 5) is 1.13. The number of ether oxygens (including phenoxy) is 1. The van der Waals surface area contributed by atoms with Crippen molar-refractivity contribution in [1.82, 2.24) is 0 Å². The van der Waals surface area contributed by atoms with Crippen molar-refractivity contribution in [3.8, 4) is 5.75 Å². The third-order valence-electron chi connectivity index (χ3n) is 2.42. The van der Waals surface area contributed by atoms with Gasteiger partial charge in [0.2, 0.25) is 0 Å². The fourth-order valence-corrected chi connectivity index (χ4v) is 2.82. The van der Waals surface area contributed by atoms with Gasteiger partial charge in [0, 0.05) is 10.5 Å². The Balaban J connectivity index is 2.89. The maximum absolute atomic E-state index is 9.78. The van der Waals surface area contributed by atoms with Gasteiger partial charge in [-0.2, -0.15) is 0 Å². The van der Waals surface area contributed by atoms with Gasteiger partial charge in [-0.05, 0) is 31.2 Å². The molecule has 1 rings (SSSR count). The molecule has 0 amide bonds. The number of hydrogen-bond donors (Lipinski definition) is 1. The zero-order valence-electron chi connectivity index (χ0n) is 10.2. The van der Waals surface area contributed by atoms with Gasteiger partial charge in [-0.15, -0.1) is 11.8 Å². The maximum atomic E-state index is 9.78. The Morgan fingerprint density at radius 2 is 2.19 bits per heavy atom. The Hall–Kier alpha value is -0.670. The number of thioether (sulfide) groups is 1. The molecule has 0 radical (unpaired) electrons. The lowest BCUT2D eigenvalue weighted by molar-refractivity contribution is 0.191. The van der Waals surface area contributed by atoms with Gasteiger partial charge in [-0.25, -0.2) is 0 Å². The Bertz CT molecular complexity index is 324. The van der Waals surface area contributed by atoms with E-state index in [0.717, 1.165) is 22.0 Å². The number of methoxy groups -OCH3 is 1. The van der Waals surface area contributed by atoms with Crippen molar-refractivity contribution >= 4 is 11.8 Å². The standard InChI is InChI=1S/C13H20O2S/c1-4-5-9-16-12-8-6-7-11(15-3)13(12)10(2)14/h6-8,10,14H,4-5,9H2,1-3H3/t10-/m0/s1. The predicted octanol–water partition coefficient (Wildman–Crippen LogP) is 3.64. The molecule has 0 aliphatic carbocycles. The van der Waals surface area contributed by atoms with Gasteiger partial charge < -0.3 is 9.84 Å². The van der Waals surface area contributed by atoms with Crippen molar-refractivity contribution in [2.75, 3.05) is 12.9 Å². The van der Waals surface area contributed by atoms with E-state index < -0.39 is 6.10 Å². The van der Waals surface area contributed by atoms with E-state index in [9.17, 15) is 5.11 Å². The number of aliphatic hydroxyl groups excluding tert-OH is 1.